The molecule has 0 amide bonds. The molecule has 0 saturated carbocycles. The van der Waals surface area contributed by atoms with Gasteiger partial charge in [-0.25, -0.2) is 4.98 Å². The Bertz CT molecular complexity index is 3200. The highest BCUT2D eigenvalue weighted by molar-refractivity contribution is 6.44. The fourth-order valence-electron chi connectivity index (χ4n) is 8.35. The van der Waals surface area contributed by atoms with Crippen LogP contribution >= 0.6 is 0 Å². The van der Waals surface area contributed by atoms with Gasteiger partial charge in [0, 0.05) is 37.8 Å². The first kappa shape index (κ1) is 28.5. The van der Waals surface area contributed by atoms with Crippen molar-refractivity contribution in [1.29, 1.82) is 0 Å². The zero-order chi connectivity index (χ0) is 34.0. The Morgan fingerprint density at radius 2 is 1.06 bits per heavy atom. The maximum absolute atomic E-state index is 15.1. The molecule has 50 heavy (non-hydrogen) atoms. The predicted molar refractivity (Wildman–Crippen MR) is 200 cm³/mol. The Hall–Kier alpha value is -6.54. The van der Waals surface area contributed by atoms with Gasteiger partial charge >= 0.3 is 0 Å². The van der Waals surface area contributed by atoms with Crippen LogP contribution in [0.1, 0.15) is 37.1 Å². The molecule has 0 radical (unpaired) electrons. The van der Waals surface area contributed by atoms with Gasteiger partial charge in [-0.2, -0.15) is 0 Å². The highest BCUT2D eigenvalue weighted by Crippen LogP contribution is 2.48. The SMILES string of the molecule is CC(c1ccccc1)n1c(O)c2c3nc4ccccc4c3c3c(=O)n(C(C)c4ccccc4)c(=O)c4c5[nH]c6ccccc6c5c(c1=O)c2c43. The van der Waals surface area contributed by atoms with Crippen molar-refractivity contribution in [2.75, 3.05) is 0 Å². The van der Waals surface area contributed by atoms with E-state index in [0.29, 0.717) is 59.6 Å². The van der Waals surface area contributed by atoms with Crippen molar-refractivity contribution in [2.24, 2.45) is 0 Å². The summed E-state index contributed by atoms with van der Waals surface area (Å²) < 4.78 is 2.75. The van der Waals surface area contributed by atoms with Crippen LogP contribution in [0.15, 0.2) is 124 Å². The van der Waals surface area contributed by atoms with E-state index in [0.717, 1.165) is 27.4 Å². The van der Waals surface area contributed by atoms with Crippen LogP contribution in [0, 0.1) is 0 Å². The fraction of sp³-hybridized carbons (Fsp3) is 0.0952. The molecule has 10 rings (SSSR count). The second-order valence-corrected chi connectivity index (χ2v) is 13.2. The summed E-state index contributed by atoms with van der Waals surface area (Å²) in [6, 6.07) is 33.1. The number of aromatic hydroxyl groups is 1. The average Bonchev–Trinajstić information content (AvgIpc) is 3.72. The Labute approximate surface area is 282 Å². The van der Waals surface area contributed by atoms with Gasteiger partial charge in [-0.05, 0) is 37.1 Å². The summed E-state index contributed by atoms with van der Waals surface area (Å²) in [4.78, 5) is 53.7. The monoisotopic (exact) mass is 652 g/mol. The number of rotatable bonds is 4. The van der Waals surface area contributed by atoms with Crippen LogP contribution < -0.4 is 16.7 Å². The minimum absolute atomic E-state index is 0.261. The van der Waals surface area contributed by atoms with Gasteiger partial charge in [0.05, 0.1) is 50.2 Å². The molecule has 0 aliphatic carbocycles. The minimum atomic E-state index is -0.598. The third kappa shape index (κ3) is 3.49. The van der Waals surface area contributed by atoms with E-state index in [-0.39, 0.29) is 5.88 Å². The molecular weight excluding hydrogens is 624 g/mol. The van der Waals surface area contributed by atoms with Crippen molar-refractivity contribution in [2.45, 2.75) is 25.9 Å². The standard InChI is InChI=1S/C42H28N4O4/c1-21(23-13-5-3-6-14-23)45-39(47)33-29-25-17-9-11-19-27(25)44-38(29)36-32-31(33)35(41(45)49)37-30(26-18-10-12-20-28(26)43-37)34(32)40(48)46(42(36)50)22(2)24-15-7-4-8-16-24/h3-22,43,50H,1-2H3. The summed E-state index contributed by atoms with van der Waals surface area (Å²) in [7, 11) is 0. The first-order chi connectivity index (χ1) is 24.4. The van der Waals surface area contributed by atoms with Gasteiger partial charge < -0.3 is 10.1 Å². The largest absolute Gasteiger partial charge is 0.494 e. The average molecular weight is 653 g/mol. The van der Waals surface area contributed by atoms with Crippen molar-refractivity contribution in [3.05, 3.63) is 151 Å². The lowest BCUT2D eigenvalue weighted by Crippen LogP contribution is -2.36. The van der Waals surface area contributed by atoms with E-state index in [1.807, 2.05) is 123 Å². The van der Waals surface area contributed by atoms with Crippen LogP contribution in [0.25, 0.3) is 75.9 Å². The molecule has 4 heterocycles. The number of nitrogens with zero attached hydrogens (tertiary/aromatic N) is 3. The first-order valence-corrected chi connectivity index (χ1v) is 16.7. The van der Waals surface area contributed by atoms with E-state index in [1.165, 1.54) is 9.13 Å². The van der Waals surface area contributed by atoms with Crippen LogP contribution in [0.3, 0.4) is 0 Å². The van der Waals surface area contributed by atoms with Gasteiger partial charge in [0.1, 0.15) is 0 Å². The smallest absolute Gasteiger partial charge is 0.264 e. The Morgan fingerprint density at radius 3 is 1.76 bits per heavy atom. The Kier molecular flexibility index (Phi) is 5.69. The van der Waals surface area contributed by atoms with Gasteiger partial charge in [-0.3, -0.25) is 23.5 Å². The second kappa shape index (κ2) is 9.99. The van der Waals surface area contributed by atoms with Gasteiger partial charge in [0.25, 0.3) is 16.7 Å². The molecule has 6 aromatic carbocycles. The van der Waals surface area contributed by atoms with Crippen molar-refractivity contribution >= 4 is 75.9 Å². The number of fused-ring (bicyclic) bond motifs is 10. The van der Waals surface area contributed by atoms with Crippen molar-refractivity contribution < 1.29 is 5.11 Å². The summed E-state index contributed by atoms with van der Waals surface area (Å²) in [5.74, 6) is -0.261. The number of aromatic amines is 1. The normalized spacial score (nSPS) is 13.6. The number of nitrogens with one attached hydrogen (secondary N) is 1. The fourth-order valence-corrected chi connectivity index (χ4v) is 8.35. The molecule has 240 valence electrons. The number of aromatic nitrogens is 4. The molecule has 8 heteroatoms. The number of benzene rings is 6. The molecule has 0 fully saturated rings. The Balaban J connectivity index is 1.56. The zero-order valence-corrected chi connectivity index (χ0v) is 27.1. The molecule has 0 aliphatic rings. The maximum Gasteiger partial charge on any atom is 0.264 e. The van der Waals surface area contributed by atoms with E-state index < -0.39 is 28.8 Å². The van der Waals surface area contributed by atoms with Crippen LogP contribution in [-0.2, 0) is 0 Å². The van der Waals surface area contributed by atoms with Gasteiger partial charge in [0.15, 0.2) is 0 Å². The maximum atomic E-state index is 15.1. The lowest BCUT2D eigenvalue weighted by molar-refractivity contribution is 0.404. The summed E-state index contributed by atoms with van der Waals surface area (Å²) in [6.07, 6.45) is 0. The van der Waals surface area contributed by atoms with Crippen LogP contribution in [-0.4, -0.2) is 24.2 Å². The van der Waals surface area contributed by atoms with Crippen molar-refractivity contribution in [3.8, 4) is 5.88 Å². The molecule has 10 aromatic rings. The van der Waals surface area contributed by atoms with Crippen molar-refractivity contribution in [1.82, 2.24) is 19.1 Å². The first-order valence-electron chi connectivity index (χ1n) is 16.7. The molecule has 8 nitrogen and oxygen atoms in total. The number of hydrogen-bond donors (Lipinski definition) is 2. The molecule has 2 unspecified atom stereocenters. The van der Waals surface area contributed by atoms with E-state index in [9.17, 15) is 5.11 Å². The predicted octanol–water partition coefficient (Wildman–Crippen LogP) is 7.97. The number of H-pyrrole nitrogens is 1. The minimum Gasteiger partial charge on any atom is -0.494 e. The summed E-state index contributed by atoms with van der Waals surface area (Å²) in [6.45, 7) is 3.73. The third-order valence-corrected chi connectivity index (χ3v) is 10.7. The molecular formula is C42H28N4O4. The third-order valence-electron chi connectivity index (χ3n) is 10.7. The molecule has 2 atom stereocenters. The van der Waals surface area contributed by atoms with Gasteiger partial charge in [-0.1, -0.05) is 97.1 Å². The quantitative estimate of drug-likeness (QED) is 0.188. The van der Waals surface area contributed by atoms with Crippen LogP contribution in [0.5, 0.6) is 5.88 Å². The van der Waals surface area contributed by atoms with Gasteiger partial charge in [0.2, 0.25) is 5.88 Å². The summed E-state index contributed by atoms with van der Waals surface area (Å²) in [5.41, 5.74) is 2.56. The highest BCUT2D eigenvalue weighted by atomic mass is 16.3. The second-order valence-electron chi connectivity index (χ2n) is 13.2. The number of hydrogen-bond acceptors (Lipinski definition) is 5. The number of para-hydroxylation sites is 2. The van der Waals surface area contributed by atoms with Gasteiger partial charge in [-0.15, -0.1) is 0 Å². The molecule has 0 aliphatic heterocycles. The van der Waals surface area contributed by atoms with Crippen molar-refractivity contribution in [3.63, 3.8) is 0 Å². The van der Waals surface area contributed by atoms with Crippen LogP contribution in [0.2, 0.25) is 0 Å². The molecule has 0 spiro atoms. The molecule has 2 N–H and O–H groups in total. The lowest BCUT2D eigenvalue weighted by atomic mass is 9.89. The lowest BCUT2D eigenvalue weighted by Gasteiger charge is -2.23. The van der Waals surface area contributed by atoms with E-state index >= 15 is 14.4 Å². The van der Waals surface area contributed by atoms with E-state index in [4.69, 9.17) is 4.98 Å². The van der Waals surface area contributed by atoms with E-state index in [1.54, 1.807) is 0 Å². The Morgan fingerprint density at radius 1 is 0.540 bits per heavy atom. The molecule has 0 saturated heterocycles. The molecule has 0 bridgehead atoms. The van der Waals surface area contributed by atoms with Crippen LogP contribution in [0.4, 0.5) is 0 Å². The topological polar surface area (TPSA) is 110 Å². The zero-order valence-electron chi connectivity index (χ0n) is 27.1. The molecule has 4 aromatic heterocycles. The van der Waals surface area contributed by atoms with E-state index in [2.05, 4.69) is 4.98 Å². The number of pyridine rings is 2. The summed E-state index contributed by atoms with van der Waals surface area (Å²) in [5, 5.41) is 17.0. The summed E-state index contributed by atoms with van der Waals surface area (Å²) >= 11 is 0. The highest BCUT2D eigenvalue weighted by Gasteiger charge is 2.32.